The molecule has 0 spiro atoms. The number of fused-ring (bicyclic) bond motifs is 1. The number of nitrogens with two attached hydrogens (primary N) is 1. The van der Waals surface area contributed by atoms with Crippen LogP contribution in [-0.2, 0) is 4.74 Å². The Hall–Kier alpha value is -3.06. The van der Waals surface area contributed by atoms with Crippen LogP contribution in [0.3, 0.4) is 0 Å². The van der Waals surface area contributed by atoms with E-state index in [1.807, 2.05) is 38.1 Å². The number of hydrogen-bond acceptors (Lipinski definition) is 7. The normalized spacial score (nSPS) is 17.1. The van der Waals surface area contributed by atoms with Crippen molar-refractivity contribution < 1.29 is 14.2 Å². The Labute approximate surface area is 176 Å². The molecule has 0 unspecified atom stereocenters. The number of ether oxygens (including phenoxy) is 3. The minimum Gasteiger partial charge on any atom is -0.493 e. The van der Waals surface area contributed by atoms with Crippen molar-refractivity contribution in [1.29, 1.82) is 0 Å². The van der Waals surface area contributed by atoms with Crippen LogP contribution in [0, 0.1) is 13.8 Å². The summed E-state index contributed by atoms with van der Waals surface area (Å²) < 4.78 is 17.2. The van der Waals surface area contributed by atoms with Crippen LogP contribution in [0.4, 0.5) is 11.5 Å². The molecule has 3 aromatic rings. The minimum atomic E-state index is 0.0133. The number of nitrogens with one attached hydrogen (secondary N) is 1. The lowest BCUT2D eigenvalue weighted by Gasteiger charge is -2.20. The summed E-state index contributed by atoms with van der Waals surface area (Å²) in [5.74, 6) is 2.75. The van der Waals surface area contributed by atoms with Crippen LogP contribution in [0.15, 0.2) is 30.3 Å². The van der Waals surface area contributed by atoms with Crippen LogP contribution in [0.5, 0.6) is 11.5 Å². The summed E-state index contributed by atoms with van der Waals surface area (Å²) in [5.41, 5.74) is 9.82. The van der Waals surface area contributed by atoms with Gasteiger partial charge in [-0.05, 0) is 50.1 Å². The number of nitrogen functional groups attached to an aromatic ring is 1. The molecular weight excluding hydrogens is 380 g/mol. The average Bonchev–Trinajstić information content (AvgIpc) is 3.20. The summed E-state index contributed by atoms with van der Waals surface area (Å²) in [6.07, 6.45) is 0.885. The molecule has 1 aliphatic heterocycles. The molecule has 2 aromatic carbocycles. The molecule has 158 valence electrons. The third-order valence-corrected chi connectivity index (χ3v) is 5.25. The van der Waals surface area contributed by atoms with Crippen LogP contribution < -0.4 is 20.5 Å². The Balaban J connectivity index is 1.72. The summed E-state index contributed by atoms with van der Waals surface area (Å²) in [4.78, 5) is 9.26. The van der Waals surface area contributed by atoms with Crippen molar-refractivity contribution in [3.63, 3.8) is 0 Å². The monoisotopic (exact) mass is 408 g/mol. The SMILES string of the molecule is COc1cc2nc(C)nc(N[C@H](C)c3cc(C)cc(N)c3)c2cc1O[C@@H]1CCOC1. The Morgan fingerprint density at radius 2 is 1.97 bits per heavy atom. The molecule has 4 rings (SSSR count). The van der Waals surface area contributed by atoms with Gasteiger partial charge in [0.2, 0.25) is 0 Å². The first-order valence-corrected chi connectivity index (χ1v) is 10.2. The lowest BCUT2D eigenvalue weighted by Crippen LogP contribution is -2.16. The highest BCUT2D eigenvalue weighted by atomic mass is 16.6. The van der Waals surface area contributed by atoms with E-state index < -0.39 is 0 Å². The number of benzene rings is 2. The average molecular weight is 409 g/mol. The Morgan fingerprint density at radius 3 is 2.67 bits per heavy atom. The van der Waals surface area contributed by atoms with Crippen molar-refractivity contribution in [3.8, 4) is 11.5 Å². The van der Waals surface area contributed by atoms with Gasteiger partial charge >= 0.3 is 0 Å². The Kier molecular flexibility index (Phi) is 5.63. The molecule has 7 nitrogen and oxygen atoms in total. The predicted octanol–water partition coefficient (Wildman–Crippen LogP) is 4.18. The second-order valence-corrected chi connectivity index (χ2v) is 7.79. The molecule has 0 amide bonds. The van der Waals surface area contributed by atoms with Gasteiger partial charge in [-0.15, -0.1) is 0 Å². The first-order chi connectivity index (χ1) is 14.4. The van der Waals surface area contributed by atoms with E-state index in [1.54, 1.807) is 7.11 Å². The molecule has 1 aromatic heterocycles. The maximum atomic E-state index is 6.16. The smallest absolute Gasteiger partial charge is 0.162 e. The maximum Gasteiger partial charge on any atom is 0.162 e. The number of hydrogen-bond donors (Lipinski definition) is 2. The molecule has 0 aliphatic carbocycles. The second kappa shape index (κ2) is 8.36. The zero-order valence-corrected chi connectivity index (χ0v) is 17.9. The topological polar surface area (TPSA) is 91.5 Å². The van der Waals surface area contributed by atoms with E-state index in [-0.39, 0.29) is 12.1 Å². The first kappa shape index (κ1) is 20.2. The van der Waals surface area contributed by atoms with Crippen molar-refractivity contribution in [2.24, 2.45) is 0 Å². The fourth-order valence-corrected chi connectivity index (χ4v) is 3.78. The van der Waals surface area contributed by atoms with E-state index in [1.165, 1.54) is 0 Å². The van der Waals surface area contributed by atoms with Gasteiger partial charge in [-0.3, -0.25) is 0 Å². The van der Waals surface area contributed by atoms with Crippen LogP contribution >= 0.6 is 0 Å². The third kappa shape index (κ3) is 4.26. The van der Waals surface area contributed by atoms with E-state index >= 15 is 0 Å². The van der Waals surface area contributed by atoms with Gasteiger partial charge < -0.3 is 25.3 Å². The molecule has 30 heavy (non-hydrogen) atoms. The van der Waals surface area contributed by atoms with Crippen LogP contribution in [0.1, 0.15) is 36.3 Å². The number of rotatable bonds is 6. The van der Waals surface area contributed by atoms with E-state index in [4.69, 9.17) is 19.9 Å². The van der Waals surface area contributed by atoms with Crippen molar-refractivity contribution in [3.05, 3.63) is 47.3 Å². The van der Waals surface area contributed by atoms with Gasteiger partial charge in [0.15, 0.2) is 11.5 Å². The summed E-state index contributed by atoms with van der Waals surface area (Å²) in [7, 11) is 1.64. The van der Waals surface area contributed by atoms with Gasteiger partial charge in [0.1, 0.15) is 17.7 Å². The van der Waals surface area contributed by atoms with Crippen LogP contribution in [-0.4, -0.2) is 36.4 Å². The first-order valence-electron chi connectivity index (χ1n) is 10.2. The number of methoxy groups -OCH3 is 1. The fraction of sp³-hybridized carbons (Fsp3) is 0.391. The second-order valence-electron chi connectivity index (χ2n) is 7.79. The molecule has 0 bridgehead atoms. The van der Waals surface area contributed by atoms with Crippen molar-refractivity contribution >= 4 is 22.4 Å². The van der Waals surface area contributed by atoms with Crippen molar-refractivity contribution in [2.75, 3.05) is 31.4 Å². The Morgan fingerprint density at radius 1 is 1.13 bits per heavy atom. The third-order valence-electron chi connectivity index (χ3n) is 5.25. The number of aryl methyl sites for hydroxylation is 2. The highest BCUT2D eigenvalue weighted by molar-refractivity contribution is 5.92. The molecule has 1 fully saturated rings. The number of anilines is 2. The standard InChI is InChI=1S/C23H28N4O3/c1-13-7-16(9-17(24)8-13)14(2)25-23-19-10-22(30-18-5-6-29-12-18)21(28-4)11-20(19)26-15(3)27-23/h7-11,14,18H,5-6,12,24H2,1-4H3,(H,25,26,27)/t14-,18-/m1/s1. The molecule has 0 radical (unpaired) electrons. The zero-order valence-electron chi connectivity index (χ0n) is 17.9. The highest BCUT2D eigenvalue weighted by Gasteiger charge is 2.21. The van der Waals surface area contributed by atoms with Gasteiger partial charge in [0.25, 0.3) is 0 Å². The van der Waals surface area contributed by atoms with Gasteiger partial charge in [0.05, 0.1) is 31.9 Å². The number of nitrogens with zero attached hydrogens (tertiary/aromatic N) is 2. The van der Waals surface area contributed by atoms with Crippen molar-refractivity contribution in [1.82, 2.24) is 9.97 Å². The predicted molar refractivity (Wildman–Crippen MR) is 118 cm³/mol. The van der Waals surface area contributed by atoms with E-state index in [9.17, 15) is 0 Å². The molecule has 2 heterocycles. The lowest BCUT2D eigenvalue weighted by molar-refractivity contribution is 0.139. The largest absolute Gasteiger partial charge is 0.493 e. The molecule has 2 atom stereocenters. The maximum absolute atomic E-state index is 6.16. The van der Waals surface area contributed by atoms with Gasteiger partial charge in [0, 0.05) is 23.6 Å². The van der Waals surface area contributed by atoms with E-state index in [2.05, 4.69) is 28.3 Å². The van der Waals surface area contributed by atoms with Gasteiger partial charge in [-0.25, -0.2) is 9.97 Å². The van der Waals surface area contributed by atoms with Gasteiger partial charge in [-0.2, -0.15) is 0 Å². The van der Waals surface area contributed by atoms with E-state index in [0.717, 1.165) is 40.0 Å². The molecule has 1 saturated heterocycles. The minimum absolute atomic E-state index is 0.0133. The Bertz CT molecular complexity index is 1040. The summed E-state index contributed by atoms with van der Waals surface area (Å²) >= 11 is 0. The zero-order chi connectivity index (χ0) is 21.3. The highest BCUT2D eigenvalue weighted by Crippen LogP contribution is 2.36. The van der Waals surface area contributed by atoms with Crippen molar-refractivity contribution in [2.45, 2.75) is 39.3 Å². The lowest BCUT2D eigenvalue weighted by atomic mass is 10.0. The summed E-state index contributed by atoms with van der Waals surface area (Å²) in [6.45, 7) is 7.32. The molecule has 1 aliphatic rings. The molecule has 7 heteroatoms. The van der Waals surface area contributed by atoms with E-state index in [0.29, 0.717) is 30.5 Å². The summed E-state index contributed by atoms with van der Waals surface area (Å²) in [6, 6.07) is 9.93. The quantitative estimate of drug-likeness (QED) is 0.591. The molecule has 3 N–H and O–H groups in total. The van der Waals surface area contributed by atoms with Crippen LogP contribution in [0.2, 0.25) is 0 Å². The molecule has 0 saturated carbocycles. The van der Waals surface area contributed by atoms with Gasteiger partial charge in [-0.1, -0.05) is 6.07 Å². The summed E-state index contributed by atoms with van der Waals surface area (Å²) in [5, 5.41) is 4.40. The number of aromatic nitrogens is 2. The molecular formula is C23H28N4O3. The van der Waals surface area contributed by atoms with Crippen LogP contribution in [0.25, 0.3) is 10.9 Å². The fourth-order valence-electron chi connectivity index (χ4n) is 3.78.